The molecule has 3 unspecified atom stereocenters. The Kier molecular flexibility index (Phi) is 5.87. The minimum atomic E-state index is -3.01. The van der Waals surface area contributed by atoms with Crippen LogP contribution >= 0.6 is 0 Å². The van der Waals surface area contributed by atoms with Crippen molar-refractivity contribution < 1.29 is 8.42 Å². The van der Waals surface area contributed by atoms with Gasteiger partial charge in [0, 0.05) is 19.1 Å². The maximum absolute atomic E-state index is 11.6. The first-order chi connectivity index (χ1) is 9.49. The summed E-state index contributed by atoms with van der Waals surface area (Å²) in [7, 11) is -3.01. The molecule has 3 atom stereocenters. The second-order valence-electron chi connectivity index (χ2n) is 6.68. The lowest BCUT2D eigenvalue weighted by Gasteiger charge is -2.34. The van der Waals surface area contributed by atoms with Crippen LogP contribution in [0.25, 0.3) is 0 Å². The Labute approximate surface area is 124 Å². The number of piperidine rings is 1. The maximum atomic E-state index is 11.6. The number of sulfonamides is 1. The summed E-state index contributed by atoms with van der Waals surface area (Å²) in [5.74, 6) is 1.38. The summed E-state index contributed by atoms with van der Waals surface area (Å²) in [4.78, 5) is 0. The standard InChI is InChI=1S/C15H30N2O2S/c1-3-13-6-4-8-15(10-13)16-11-14-7-5-9-17(12-14)20(2,18)19/h13-16H,3-12H2,1-2H3. The maximum Gasteiger partial charge on any atom is 0.211 e. The summed E-state index contributed by atoms with van der Waals surface area (Å²) in [6.07, 6.45) is 10.1. The Morgan fingerprint density at radius 3 is 2.60 bits per heavy atom. The molecule has 4 nitrogen and oxygen atoms in total. The highest BCUT2D eigenvalue weighted by Crippen LogP contribution is 2.27. The zero-order chi connectivity index (χ0) is 14.6. The molecule has 0 aromatic carbocycles. The fraction of sp³-hybridized carbons (Fsp3) is 1.00. The Bertz CT molecular complexity index is 397. The summed E-state index contributed by atoms with van der Waals surface area (Å²) in [5, 5.41) is 3.71. The van der Waals surface area contributed by atoms with E-state index in [1.807, 2.05) is 0 Å². The van der Waals surface area contributed by atoms with Crippen molar-refractivity contribution in [3.63, 3.8) is 0 Å². The molecule has 0 aromatic rings. The van der Waals surface area contributed by atoms with Crippen molar-refractivity contribution in [1.82, 2.24) is 9.62 Å². The quantitative estimate of drug-likeness (QED) is 0.847. The van der Waals surface area contributed by atoms with Gasteiger partial charge in [-0.2, -0.15) is 0 Å². The van der Waals surface area contributed by atoms with E-state index in [2.05, 4.69) is 12.2 Å². The molecule has 1 aliphatic carbocycles. The SMILES string of the molecule is CCC1CCCC(NCC2CCCN(S(C)(=O)=O)C2)C1. The van der Waals surface area contributed by atoms with E-state index in [0.717, 1.165) is 25.3 Å². The summed E-state index contributed by atoms with van der Waals surface area (Å²) < 4.78 is 24.9. The van der Waals surface area contributed by atoms with Crippen molar-refractivity contribution in [2.24, 2.45) is 11.8 Å². The monoisotopic (exact) mass is 302 g/mol. The van der Waals surface area contributed by atoms with Gasteiger partial charge in [0.05, 0.1) is 6.26 Å². The number of nitrogens with zero attached hydrogens (tertiary/aromatic N) is 1. The highest BCUT2D eigenvalue weighted by molar-refractivity contribution is 7.88. The van der Waals surface area contributed by atoms with E-state index in [4.69, 9.17) is 0 Å². The minimum absolute atomic E-state index is 0.487. The molecule has 0 radical (unpaired) electrons. The van der Waals surface area contributed by atoms with Crippen LogP contribution < -0.4 is 5.32 Å². The average Bonchev–Trinajstić information content (AvgIpc) is 2.45. The lowest BCUT2D eigenvalue weighted by atomic mass is 9.84. The van der Waals surface area contributed by atoms with Crippen LogP contribution in [0.5, 0.6) is 0 Å². The summed E-state index contributed by atoms with van der Waals surface area (Å²) >= 11 is 0. The molecule has 118 valence electrons. The van der Waals surface area contributed by atoms with Gasteiger partial charge in [-0.3, -0.25) is 0 Å². The van der Waals surface area contributed by atoms with Crippen molar-refractivity contribution >= 4 is 10.0 Å². The Hall–Kier alpha value is -0.130. The smallest absolute Gasteiger partial charge is 0.211 e. The Balaban J connectivity index is 1.76. The Morgan fingerprint density at radius 1 is 1.15 bits per heavy atom. The molecule has 0 bridgehead atoms. The molecular weight excluding hydrogens is 272 g/mol. The van der Waals surface area contributed by atoms with Gasteiger partial charge in [-0.25, -0.2) is 12.7 Å². The highest BCUT2D eigenvalue weighted by atomic mass is 32.2. The lowest BCUT2D eigenvalue weighted by Crippen LogP contribution is -2.44. The molecule has 0 aromatic heterocycles. The predicted octanol–water partition coefficient (Wildman–Crippen LogP) is 2.22. The van der Waals surface area contributed by atoms with Crippen molar-refractivity contribution in [3.8, 4) is 0 Å². The summed E-state index contributed by atoms with van der Waals surface area (Å²) in [6, 6.07) is 0.655. The molecule has 1 saturated carbocycles. The second kappa shape index (κ2) is 7.23. The van der Waals surface area contributed by atoms with E-state index in [-0.39, 0.29) is 0 Å². The van der Waals surface area contributed by atoms with Gasteiger partial charge in [-0.05, 0) is 44.1 Å². The van der Waals surface area contributed by atoms with Gasteiger partial charge >= 0.3 is 0 Å². The summed E-state index contributed by atoms with van der Waals surface area (Å²) in [5.41, 5.74) is 0. The van der Waals surface area contributed by atoms with E-state index in [1.54, 1.807) is 4.31 Å². The molecule has 1 N–H and O–H groups in total. The van der Waals surface area contributed by atoms with Crippen molar-refractivity contribution in [2.75, 3.05) is 25.9 Å². The Morgan fingerprint density at radius 2 is 1.90 bits per heavy atom. The van der Waals surface area contributed by atoms with Gasteiger partial charge in [0.2, 0.25) is 10.0 Å². The number of hydrogen-bond donors (Lipinski definition) is 1. The third kappa shape index (κ3) is 4.71. The molecule has 1 heterocycles. The topological polar surface area (TPSA) is 49.4 Å². The van der Waals surface area contributed by atoms with Gasteiger partial charge < -0.3 is 5.32 Å². The molecule has 0 amide bonds. The molecule has 0 spiro atoms. The zero-order valence-corrected chi connectivity index (χ0v) is 13.8. The van der Waals surface area contributed by atoms with Crippen molar-refractivity contribution in [2.45, 2.75) is 57.9 Å². The van der Waals surface area contributed by atoms with E-state index in [1.165, 1.54) is 38.4 Å². The largest absolute Gasteiger partial charge is 0.314 e. The normalized spacial score (nSPS) is 33.2. The van der Waals surface area contributed by atoms with E-state index < -0.39 is 10.0 Å². The zero-order valence-electron chi connectivity index (χ0n) is 13.0. The van der Waals surface area contributed by atoms with Gasteiger partial charge in [-0.15, -0.1) is 0 Å². The van der Waals surface area contributed by atoms with Crippen LogP contribution in [0.4, 0.5) is 0 Å². The van der Waals surface area contributed by atoms with Crippen LogP contribution in [0, 0.1) is 11.8 Å². The highest BCUT2D eigenvalue weighted by Gasteiger charge is 2.27. The fourth-order valence-electron chi connectivity index (χ4n) is 3.68. The third-order valence-corrected chi connectivity index (χ3v) is 6.28. The van der Waals surface area contributed by atoms with Crippen molar-refractivity contribution in [1.29, 1.82) is 0 Å². The second-order valence-corrected chi connectivity index (χ2v) is 8.66. The first-order valence-electron chi connectivity index (χ1n) is 8.17. The minimum Gasteiger partial charge on any atom is -0.314 e. The average molecular weight is 302 g/mol. The van der Waals surface area contributed by atoms with E-state index in [0.29, 0.717) is 25.0 Å². The number of nitrogens with one attached hydrogen (secondary N) is 1. The number of hydrogen-bond acceptors (Lipinski definition) is 3. The van der Waals surface area contributed by atoms with Gasteiger partial charge in [-0.1, -0.05) is 26.2 Å². The van der Waals surface area contributed by atoms with Gasteiger partial charge in [0.25, 0.3) is 0 Å². The third-order valence-electron chi connectivity index (χ3n) is 5.01. The van der Waals surface area contributed by atoms with Crippen LogP contribution in [0.15, 0.2) is 0 Å². The van der Waals surface area contributed by atoms with Gasteiger partial charge in [0.1, 0.15) is 0 Å². The van der Waals surface area contributed by atoms with Gasteiger partial charge in [0.15, 0.2) is 0 Å². The first kappa shape index (κ1) is 16.2. The van der Waals surface area contributed by atoms with Crippen LogP contribution in [-0.4, -0.2) is 44.7 Å². The molecule has 20 heavy (non-hydrogen) atoms. The molecule has 2 aliphatic rings. The molecule has 1 aliphatic heterocycles. The van der Waals surface area contributed by atoms with Crippen LogP contribution in [0.2, 0.25) is 0 Å². The van der Waals surface area contributed by atoms with Crippen LogP contribution in [0.3, 0.4) is 0 Å². The molecule has 1 saturated heterocycles. The molecular formula is C15H30N2O2S. The van der Waals surface area contributed by atoms with Crippen LogP contribution in [-0.2, 0) is 10.0 Å². The van der Waals surface area contributed by atoms with E-state index >= 15 is 0 Å². The lowest BCUT2D eigenvalue weighted by molar-refractivity contribution is 0.230. The van der Waals surface area contributed by atoms with Crippen LogP contribution in [0.1, 0.15) is 51.9 Å². The number of rotatable bonds is 5. The molecule has 5 heteroatoms. The first-order valence-corrected chi connectivity index (χ1v) is 10.0. The molecule has 2 rings (SSSR count). The predicted molar refractivity (Wildman–Crippen MR) is 83.2 cm³/mol. The van der Waals surface area contributed by atoms with E-state index in [9.17, 15) is 8.42 Å². The van der Waals surface area contributed by atoms with Crippen molar-refractivity contribution in [3.05, 3.63) is 0 Å². The summed E-state index contributed by atoms with van der Waals surface area (Å²) in [6.45, 7) is 4.68. The fourth-order valence-corrected chi connectivity index (χ4v) is 4.62. The molecule has 2 fully saturated rings.